The van der Waals surface area contributed by atoms with Gasteiger partial charge in [-0.1, -0.05) is 17.7 Å². The lowest BCUT2D eigenvalue weighted by molar-refractivity contribution is -0.141. The van der Waals surface area contributed by atoms with Gasteiger partial charge in [0.25, 0.3) is 5.91 Å². The standard InChI is InChI=1S/C15H21ClN2O3/c1-18(15(19)14-6-5-13(10-17)21-14)7-8-20-12-4-2-3-11(16)9-12/h2-4,9,13-14H,5-8,10,17H2,1H3. The Labute approximate surface area is 130 Å². The van der Waals surface area contributed by atoms with Gasteiger partial charge in [0.05, 0.1) is 12.6 Å². The Hall–Kier alpha value is -1.30. The van der Waals surface area contributed by atoms with Crippen molar-refractivity contribution in [2.75, 3.05) is 26.7 Å². The zero-order chi connectivity index (χ0) is 15.2. The highest BCUT2D eigenvalue weighted by Crippen LogP contribution is 2.20. The van der Waals surface area contributed by atoms with Crippen molar-refractivity contribution < 1.29 is 14.3 Å². The van der Waals surface area contributed by atoms with E-state index < -0.39 is 0 Å². The molecule has 0 bridgehead atoms. The average molecular weight is 313 g/mol. The van der Waals surface area contributed by atoms with Crippen LogP contribution in [0.1, 0.15) is 12.8 Å². The average Bonchev–Trinajstić information content (AvgIpc) is 2.95. The maximum absolute atomic E-state index is 12.2. The van der Waals surface area contributed by atoms with E-state index in [1.165, 1.54) is 0 Å². The number of rotatable bonds is 6. The highest BCUT2D eigenvalue weighted by molar-refractivity contribution is 6.30. The molecule has 1 aliphatic heterocycles. The minimum atomic E-state index is -0.366. The fourth-order valence-corrected chi connectivity index (χ4v) is 2.45. The van der Waals surface area contributed by atoms with Crippen molar-refractivity contribution in [2.24, 2.45) is 5.73 Å². The summed E-state index contributed by atoms with van der Waals surface area (Å²) in [6.07, 6.45) is 1.23. The van der Waals surface area contributed by atoms with Crippen LogP contribution in [0.15, 0.2) is 24.3 Å². The van der Waals surface area contributed by atoms with Gasteiger partial charge in [-0.25, -0.2) is 0 Å². The van der Waals surface area contributed by atoms with Gasteiger partial charge in [0.15, 0.2) is 0 Å². The van der Waals surface area contributed by atoms with Crippen LogP contribution in [0.25, 0.3) is 0 Å². The first kappa shape index (κ1) is 16.1. The first-order valence-corrected chi connectivity index (χ1v) is 7.47. The van der Waals surface area contributed by atoms with Gasteiger partial charge < -0.3 is 20.1 Å². The molecule has 2 atom stereocenters. The summed E-state index contributed by atoms with van der Waals surface area (Å²) >= 11 is 5.88. The van der Waals surface area contributed by atoms with Crippen LogP contribution in [-0.4, -0.2) is 49.8 Å². The first-order chi connectivity index (χ1) is 10.1. The summed E-state index contributed by atoms with van der Waals surface area (Å²) in [7, 11) is 1.75. The fraction of sp³-hybridized carbons (Fsp3) is 0.533. The number of carbonyl (C=O) groups excluding carboxylic acids is 1. The molecule has 2 N–H and O–H groups in total. The highest BCUT2D eigenvalue weighted by atomic mass is 35.5. The van der Waals surface area contributed by atoms with E-state index in [2.05, 4.69) is 0 Å². The normalized spacial score (nSPS) is 21.3. The third-order valence-corrected chi connectivity index (χ3v) is 3.75. The van der Waals surface area contributed by atoms with Gasteiger partial charge in [-0.2, -0.15) is 0 Å². The monoisotopic (exact) mass is 312 g/mol. The molecule has 116 valence electrons. The molecule has 6 heteroatoms. The summed E-state index contributed by atoms with van der Waals surface area (Å²) in [5, 5.41) is 0.629. The largest absolute Gasteiger partial charge is 0.492 e. The zero-order valence-corrected chi connectivity index (χ0v) is 12.9. The number of nitrogens with two attached hydrogens (primary N) is 1. The Kier molecular flexibility index (Phi) is 5.85. The Bertz CT molecular complexity index is 484. The maximum atomic E-state index is 12.2. The summed E-state index contributed by atoms with van der Waals surface area (Å²) in [4.78, 5) is 13.8. The molecule has 1 heterocycles. The van der Waals surface area contributed by atoms with Gasteiger partial charge in [0.2, 0.25) is 0 Å². The second kappa shape index (κ2) is 7.64. The minimum Gasteiger partial charge on any atom is -0.492 e. The summed E-state index contributed by atoms with van der Waals surface area (Å²) in [6, 6.07) is 7.19. The van der Waals surface area contributed by atoms with Crippen LogP contribution in [0.5, 0.6) is 5.75 Å². The SMILES string of the molecule is CN(CCOc1cccc(Cl)c1)C(=O)C1CCC(CN)O1. The topological polar surface area (TPSA) is 64.8 Å². The lowest BCUT2D eigenvalue weighted by atomic mass is 10.2. The molecule has 21 heavy (non-hydrogen) atoms. The van der Waals surface area contributed by atoms with Crippen LogP contribution in [0.3, 0.4) is 0 Å². The quantitative estimate of drug-likeness (QED) is 0.868. The van der Waals surface area contributed by atoms with Gasteiger partial charge in [0.1, 0.15) is 18.5 Å². The van der Waals surface area contributed by atoms with E-state index in [4.69, 9.17) is 26.8 Å². The van der Waals surface area contributed by atoms with Crippen LogP contribution < -0.4 is 10.5 Å². The molecule has 0 saturated carbocycles. The van der Waals surface area contributed by atoms with Crippen LogP contribution in [0.4, 0.5) is 0 Å². The molecule has 1 aromatic rings. The number of ether oxygens (including phenoxy) is 2. The molecule has 2 unspecified atom stereocenters. The van der Waals surface area contributed by atoms with Crippen molar-refractivity contribution in [1.82, 2.24) is 4.90 Å². The number of amides is 1. The minimum absolute atomic E-state index is 0.00932. The molecule has 1 aromatic carbocycles. The molecule has 1 saturated heterocycles. The molecule has 0 spiro atoms. The van der Waals surface area contributed by atoms with Gasteiger partial charge >= 0.3 is 0 Å². The molecule has 1 fully saturated rings. The van der Waals surface area contributed by atoms with Crippen molar-refractivity contribution in [3.8, 4) is 5.75 Å². The van der Waals surface area contributed by atoms with E-state index in [1.54, 1.807) is 24.1 Å². The number of hydrogen-bond acceptors (Lipinski definition) is 4. The summed E-state index contributed by atoms with van der Waals surface area (Å²) in [5.41, 5.74) is 5.55. The van der Waals surface area contributed by atoms with Crippen molar-refractivity contribution in [2.45, 2.75) is 25.0 Å². The number of likely N-dealkylation sites (N-methyl/N-ethyl adjacent to an activating group) is 1. The molecule has 1 aliphatic rings. The summed E-state index contributed by atoms with van der Waals surface area (Å²) < 4.78 is 11.2. The molecule has 5 nitrogen and oxygen atoms in total. The number of benzene rings is 1. The van der Waals surface area contributed by atoms with E-state index in [0.29, 0.717) is 30.5 Å². The number of carbonyl (C=O) groups is 1. The van der Waals surface area contributed by atoms with E-state index in [0.717, 1.165) is 12.8 Å². The second-order valence-corrected chi connectivity index (χ2v) is 5.56. The maximum Gasteiger partial charge on any atom is 0.251 e. The van der Waals surface area contributed by atoms with Crippen LogP contribution in [0.2, 0.25) is 5.02 Å². The van der Waals surface area contributed by atoms with Gasteiger partial charge in [-0.15, -0.1) is 0 Å². The van der Waals surface area contributed by atoms with E-state index in [-0.39, 0.29) is 18.1 Å². The molecule has 1 amide bonds. The summed E-state index contributed by atoms with van der Waals surface area (Å²) in [6.45, 7) is 1.37. The van der Waals surface area contributed by atoms with Crippen LogP contribution in [-0.2, 0) is 9.53 Å². The van der Waals surface area contributed by atoms with Crippen molar-refractivity contribution in [1.29, 1.82) is 0 Å². The van der Waals surface area contributed by atoms with E-state index in [9.17, 15) is 4.79 Å². The van der Waals surface area contributed by atoms with Crippen molar-refractivity contribution >= 4 is 17.5 Å². The van der Waals surface area contributed by atoms with Gasteiger partial charge in [0, 0.05) is 18.6 Å². The zero-order valence-electron chi connectivity index (χ0n) is 12.1. The molecule has 0 aromatic heterocycles. The molecular weight excluding hydrogens is 292 g/mol. The number of hydrogen-bond donors (Lipinski definition) is 1. The number of nitrogens with zero attached hydrogens (tertiary/aromatic N) is 1. The third-order valence-electron chi connectivity index (χ3n) is 3.51. The predicted molar refractivity (Wildman–Crippen MR) is 81.5 cm³/mol. The summed E-state index contributed by atoms with van der Waals surface area (Å²) in [5.74, 6) is 0.685. The van der Waals surface area contributed by atoms with E-state index >= 15 is 0 Å². The van der Waals surface area contributed by atoms with Crippen molar-refractivity contribution in [3.63, 3.8) is 0 Å². The lowest BCUT2D eigenvalue weighted by Crippen LogP contribution is -2.39. The van der Waals surface area contributed by atoms with Gasteiger partial charge in [-0.3, -0.25) is 4.79 Å². The lowest BCUT2D eigenvalue weighted by Gasteiger charge is -2.21. The highest BCUT2D eigenvalue weighted by Gasteiger charge is 2.31. The van der Waals surface area contributed by atoms with Crippen LogP contribution >= 0.6 is 11.6 Å². The Balaban J connectivity index is 1.74. The Morgan fingerprint density at radius 1 is 1.52 bits per heavy atom. The molecule has 0 radical (unpaired) electrons. The second-order valence-electron chi connectivity index (χ2n) is 5.13. The Morgan fingerprint density at radius 2 is 2.33 bits per heavy atom. The van der Waals surface area contributed by atoms with Gasteiger partial charge in [-0.05, 0) is 31.0 Å². The van der Waals surface area contributed by atoms with Crippen molar-refractivity contribution in [3.05, 3.63) is 29.3 Å². The predicted octanol–water partition coefficient (Wildman–Crippen LogP) is 1.68. The molecule has 0 aliphatic carbocycles. The van der Waals surface area contributed by atoms with E-state index in [1.807, 2.05) is 12.1 Å². The number of halogens is 1. The molecular formula is C15H21ClN2O3. The van der Waals surface area contributed by atoms with Crippen LogP contribution in [0, 0.1) is 0 Å². The first-order valence-electron chi connectivity index (χ1n) is 7.09. The smallest absolute Gasteiger partial charge is 0.251 e. The Morgan fingerprint density at radius 3 is 3.00 bits per heavy atom. The fourth-order valence-electron chi connectivity index (χ4n) is 2.27. The molecule has 2 rings (SSSR count). The third kappa shape index (κ3) is 4.59.